The number of aromatic nitrogens is 2. The number of rotatable bonds is 4. The van der Waals surface area contributed by atoms with Crippen LogP contribution in [0.3, 0.4) is 0 Å². The lowest BCUT2D eigenvalue weighted by Gasteiger charge is -2.18. The maximum absolute atomic E-state index is 13.3. The van der Waals surface area contributed by atoms with Crippen molar-refractivity contribution in [2.24, 2.45) is 0 Å². The van der Waals surface area contributed by atoms with Gasteiger partial charge in [0, 0.05) is 55.4 Å². The van der Waals surface area contributed by atoms with E-state index in [1.54, 1.807) is 36.5 Å². The summed E-state index contributed by atoms with van der Waals surface area (Å²) in [4.78, 5) is 22.1. The number of anilines is 4. The maximum atomic E-state index is 13.3. The van der Waals surface area contributed by atoms with Gasteiger partial charge in [-0.2, -0.15) is 18.2 Å². The van der Waals surface area contributed by atoms with E-state index in [2.05, 4.69) is 25.9 Å². The number of phenols is 1. The predicted octanol–water partition coefficient (Wildman–Crippen LogP) is 5.72. The van der Waals surface area contributed by atoms with E-state index in [9.17, 15) is 31.5 Å². The predicted molar refractivity (Wildman–Crippen MR) is 163 cm³/mol. The number of hydrogen-bond donors (Lipinski definition) is 4. The van der Waals surface area contributed by atoms with E-state index in [1.165, 1.54) is 35.6 Å². The number of hydrogen-bond acceptors (Lipinski definition) is 8. The van der Waals surface area contributed by atoms with Crippen molar-refractivity contribution in [3.63, 3.8) is 0 Å². The minimum absolute atomic E-state index is 0.0637. The van der Waals surface area contributed by atoms with Crippen molar-refractivity contribution in [2.45, 2.75) is 35.7 Å². The standard InChI is InChI=1S/C31H29F3N6O4S/c1-40-13-3-12-35-27-26(18-36-29(39-27)38-23-15-24(41)17-25(16-23)45(40,43)44)19-6-8-22(9-7-19)37-28(42)30(10-11-30)20-4-2-5-21(14-20)31(32,33)34/h2,4-9,14-18,41H,3,10-13H2,1H3,(H,37,42)(H2,35,36,38,39). The van der Waals surface area contributed by atoms with Gasteiger partial charge in [-0.3, -0.25) is 4.79 Å². The molecule has 2 heterocycles. The zero-order chi connectivity index (χ0) is 32.0. The van der Waals surface area contributed by atoms with Gasteiger partial charge in [-0.05, 0) is 54.7 Å². The highest BCUT2D eigenvalue weighted by Gasteiger charge is 2.51. The molecule has 10 nitrogen and oxygen atoms in total. The molecular formula is C31H29F3N6O4S. The third kappa shape index (κ3) is 6.15. The van der Waals surface area contributed by atoms with E-state index in [1.807, 2.05) is 0 Å². The lowest BCUT2D eigenvalue weighted by atomic mass is 9.93. The number of amides is 1. The van der Waals surface area contributed by atoms with Gasteiger partial charge in [0.05, 0.1) is 15.9 Å². The SMILES string of the molecule is CN1CCCNc2nc(ncc2-c2ccc(NC(=O)C3(c4cccc(C(F)(F)F)c4)CC3)cc2)Nc2cc(O)cc(c2)S1(=O)=O. The highest BCUT2D eigenvalue weighted by molar-refractivity contribution is 7.89. The second-order valence-electron chi connectivity index (χ2n) is 11.1. The topological polar surface area (TPSA) is 137 Å². The number of carbonyl (C=O) groups excluding carboxylic acids is 1. The van der Waals surface area contributed by atoms with Crippen LogP contribution in [0.2, 0.25) is 0 Å². The van der Waals surface area contributed by atoms with Crippen molar-refractivity contribution in [2.75, 3.05) is 36.1 Å². The van der Waals surface area contributed by atoms with Gasteiger partial charge in [0.1, 0.15) is 11.6 Å². The molecule has 1 saturated carbocycles. The van der Waals surface area contributed by atoms with Gasteiger partial charge >= 0.3 is 6.18 Å². The van der Waals surface area contributed by atoms with E-state index in [0.29, 0.717) is 54.1 Å². The van der Waals surface area contributed by atoms with Crippen LogP contribution in [0, 0.1) is 0 Å². The van der Waals surface area contributed by atoms with Crippen LogP contribution in [0.1, 0.15) is 30.4 Å². The Kier molecular flexibility index (Phi) is 7.65. The number of halogens is 3. The summed E-state index contributed by atoms with van der Waals surface area (Å²) in [5, 5.41) is 19.2. The zero-order valence-corrected chi connectivity index (χ0v) is 24.8. The Morgan fingerprint density at radius 1 is 1.07 bits per heavy atom. The molecule has 234 valence electrons. The number of alkyl halides is 3. The second kappa shape index (κ2) is 11.3. The number of carbonyl (C=O) groups is 1. The van der Waals surface area contributed by atoms with Gasteiger partial charge in [-0.1, -0.05) is 30.3 Å². The molecule has 1 fully saturated rings. The molecule has 45 heavy (non-hydrogen) atoms. The molecule has 14 heteroatoms. The molecule has 4 N–H and O–H groups in total. The number of benzene rings is 3. The Morgan fingerprint density at radius 2 is 1.82 bits per heavy atom. The quantitative estimate of drug-likeness (QED) is 0.223. The first-order chi connectivity index (χ1) is 21.3. The third-order valence-electron chi connectivity index (χ3n) is 7.97. The Morgan fingerprint density at radius 3 is 2.53 bits per heavy atom. The number of aromatic hydroxyl groups is 1. The van der Waals surface area contributed by atoms with Crippen LogP contribution in [0.4, 0.5) is 36.3 Å². The van der Waals surface area contributed by atoms with Crippen molar-refractivity contribution >= 4 is 39.1 Å². The summed E-state index contributed by atoms with van der Waals surface area (Å²) in [6, 6.07) is 15.8. The minimum atomic E-state index is -4.50. The van der Waals surface area contributed by atoms with E-state index in [-0.39, 0.29) is 29.0 Å². The first-order valence-corrected chi connectivity index (χ1v) is 15.6. The fourth-order valence-electron chi connectivity index (χ4n) is 5.28. The monoisotopic (exact) mass is 638 g/mol. The fraction of sp³-hybridized carbons (Fsp3) is 0.258. The highest BCUT2D eigenvalue weighted by Crippen LogP contribution is 2.50. The van der Waals surface area contributed by atoms with Crippen molar-refractivity contribution in [3.05, 3.63) is 84.1 Å². The van der Waals surface area contributed by atoms with Crippen LogP contribution in [-0.2, 0) is 26.4 Å². The first-order valence-electron chi connectivity index (χ1n) is 14.1. The van der Waals surface area contributed by atoms with Crippen molar-refractivity contribution < 1.29 is 31.5 Å². The molecule has 4 bridgehead atoms. The number of nitrogens with zero attached hydrogens (tertiary/aromatic N) is 3. The third-order valence-corrected chi connectivity index (χ3v) is 9.80. The number of sulfonamides is 1. The van der Waals surface area contributed by atoms with Crippen LogP contribution >= 0.6 is 0 Å². The van der Waals surface area contributed by atoms with E-state index < -0.39 is 27.2 Å². The molecule has 1 amide bonds. The Balaban J connectivity index is 1.23. The molecule has 0 radical (unpaired) electrons. The van der Waals surface area contributed by atoms with E-state index >= 15 is 0 Å². The van der Waals surface area contributed by atoms with Crippen LogP contribution in [0.25, 0.3) is 11.1 Å². The Hall–Kier alpha value is -4.69. The lowest BCUT2D eigenvalue weighted by molar-refractivity contribution is -0.137. The van der Waals surface area contributed by atoms with Crippen molar-refractivity contribution in [1.29, 1.82) is 0 Å². The van der Waals surface area contributed by atoms with Crippen LogP contribution in [-0.4, -0.2) is 53.8 Å². The van der Waals surface area contributed by atoms with Gasteiger partial charge in [0.2, 0.25) is 21.9 Å². The molecule has 6 rings (SSSR count). The maximum Gasteiger partial charge on any atom is 0.416 e. The summed E-state index contributed by atoms with van der Waals surface area (Å²) in [6.07, 6.45) is -1.52. The van der Waals surface area contributed by atoms with E-state index in [4.69, 9.17) is 0 Å². The van der Waals surface area contributed by atoms with E-state index in [0.717, 1.165) is 17.7 Å². The van der Waals surface area contributed by atoms with Crippen LogP contribution in [0.15, 0.2) is 77.8 Å². The second-order valence-corrected chi connectivity index (χ2v) is 13.1. The largest absolute Gasteiger partial charge is 0.508 e. The fourth-order valence-corrected chi connectivity index (χ4v) is 6.55. The van der Waals surface area contributed by atoms with Crippen molar-refractivity contribution in [3.8, 4) is 16.9 Å². The molecule has 0 saturated heterocycles. The number of phenolic OH excluding ortho intramolecular Hbond substituents is 1. The smallest absolute Gasteiger partial charge is 0.416 e. The molecule has 1 aliphatic carbocycles. The minimum Gasteiger partial charge on any atom is -0.508 e. The Labute approximate surface area is 257 Å². The normalized spacial score (nSPS) is 17.4. The number of fused-ring (bicyclic) bond motifs is 4. The molecule has 0 atom stereocenters. The Bertz CT molecular complexity index is 1880. The summed E-state index contributed by atoms with van der Waals surface area (Å²) in [6.45, 7) is 0.620. The summed E-state index contributed by atoms with van der Waals surface area (Å²) in [5.74, 6) is 0.0634. The van der Waals surface area contributed by atoms with Gasteiger partial charge in [-0.15, -0.1) is 0 Å². The first kappa shape index (κ1) is 30.3. The summed E-state index contributed by atoms with van der Waals surface area (Å²) < 4.78 is 67.1. The molecule has 3 aromatic carbocycles. The van der Waals surface area contributed by atoms with Gasteiger partial charge in [-0.25, -0.2) is 17.7 Å². The molecule has 1 aliphatic heterocycles. The average Bonchev–Trinajstić information content (AvgIpc) is 3.81. The average molecular weight is 639 g/mol. The molecule has 2 aliphatic rings. The summed E-state index contributed by atoms with van der Waals surface area (Å²) >= 11 is 0. The molecule has 0 unspecified atom stereocenters. The molecular weight excluding hydrogens is 609 g/mol. The zero-order valence-electron chi connectivity index (χ0n) is 24.0. The van der Waals surface area contributed by atoms with Gasteiger partial charge in [0.15, 0.2) is 0 Å². The molecule has 0 spiro atoms. The van der Waals surface area contributed by atoms with Crippen LogP contribution < -0.4 is 16.0 Å². The summed E-state index contributed by atoms with van der Waals surface area (Å²) in [7, 11) is -2.37. The summed E-state index contributed by atoms with van der Waals surface area (Å²) in [5.41, 5.74) is 0.704. The molecule has 1 aromatic heterocycles. The van der Waals surface area contributed by atoms with Gasteiger partial charge in [0.25, 0.3) is 0 Å². The van der Waals surface area contributed by atoms with Crippen LogP contribution in [0.5, 0.6) is 5.75 Å². The van der Waals surface area contributed by atoms with Gasteiger partial charge < -0.3 is 21.1 Å². The number of nitrogens with one attached hydrogen (secondary N) is 3. The van der Waals surface area contributed by atoms with Crippen molar-refractivity contribution in [1.82, 2.24) is 14.3 Å². The lowest BCUT2D eigenvalue weighted by Crippen LogP contribution is -2.29. The molecule has 4 aromatic rings. The highest BCUT2D eigenvalue weighted by atomic mass is 32.2.